The Labute approximate surface area is 95.9 Å². The minimum Gasteiger partial charge on any atom is -0.537 e. The Morgan fingerprint density at radius 3 is 2.69 bits per heavy atom. The van der Waals surface area contributed by atoms with Crippen LogP contribution in [0.25, 0.3) is 0 Å². The SMILES string of the molecule is CCCCCCCC[n+]1ccoc1C(=O)[O-]. The lowest BCUT2D eigenvalue weighted by Crippen LogP contribution is -2.42. The minimum absolute atomic E-state index is 0.0893. The summed E-state index contributed by atoms with van der Waals surface area (Å²) in [6.07, 6.45) is 10.1. The van der Waals surface area contributed by atoms with E-state index in [1.807, 2.05) is 0 Å². The van der Waals surface area contributed by atoms with E-state index in [-0.39, 0.29) is 5.89 Å². The van der Waals surface area contributed by atoms with E-state index in [1.165, 1.54) is 31.9 Å². The summed E-state index contributed by atoms with van der Waals surface area (Å²) in [7, 11) is 0. The highest BCUT2D eigenvalue weighted by molar-refractivity contribution is 5.78. The second kappa shape index (κ2) is 7.04. The molecule has 0 fully saturated rings. The lowest BCUT2D eigenvalue weighted by atomic mass is 10.1. The largest absolute Gasteiger partial charge is 0.537 e. The van der Waals surface area contributed by atoms with Crippen LogP contribution in [0, 0.1) is 0 Å². The van der Waals surface area contributed by atoms with Crippen molar-refractivity contribution in [3.8, 4) is 0 Å². The Morgan fingerprint density at radius 2 is 2.00 bits per heavy atom. The molecule has 0 atom stereocenters. The van der Waals surface area contributed by atoms with Crippen LogP contribution in [0.2, 0.25) is 0 Å². The van der Waals surface area contributed by atoms with Crippen molar-refractivity contribution in [3.05, 3.63) is 18.4 Å². The van der Waals surface area contributed by atoms with Gasteiger partial charge in [-0.3, -0.25) is 0 Å². The van der Waals surface area contributed by atoms with Gasteiger partial charge in [0, 0.05) is 6.42 Å². The van der Waals surface area contributed by atoms with Gasteiger partial charge >= 0.3 is 5.89 Å². The van der Waals surface area contributed by atoms with Gasteiger partial charge in [0.05, 0.1) is 0 Å². The number of aromatic carboxylic acids is 1. The Hall–Kier alpha value is -1.32. The molecule has 0 unspecified atom stereocenters. The summed E-state index contributed by atoms with van der Waals surface area (Å²) in [5.41, 5.74) is 0. The van der Waals surface area contributed by atoms with Crippen molar-refractivity contribution in [2.24, 2.45) is 0 Å². The van der Waals surface area contributed by atoms with E-state index in [0.717, 1.165) is 12.8 Å². The lowest BCUT2D eigenvalue weighted by molar-refractivity contribution is -0.704. The number of carbonyl (C=O) groups is 1. The van der Waals surface area contributed by atoms with Crippen LogP contribution < -0.4 is 9.67 Å². The fraction of sp³-hybridized carbons (Fsp3) is 0.667. The van der Waals surface area contributed by atoms with Gasteiger partial charge in [-0.25, -0.2) is 0 Å². The van der Waals surface area contributed by atoms with Gasteiger partial charge in [-0.2, -0.15) is 4.57 Å². The van der Waals surface area contributed by atoms with Crippen molar-refractivity contribution in [2.45, 2.75) is 52.0 Å². The molecule has 0 saturated carbocycles. The van der Waals surface area contributed by atoms with Crippen molar-refractivity contribution in [3.63, 3.8) is 0 Å². The summed E-state index contributed by atoms with van der Waals surface area (Å²) in [4.78, 5) is 10.6. The Kier molecular flexibility index (Phi) is 5.61. The number of carboxylic acid groups (broad SMARTS) is 1. The van der Waals surface area contributed by atoms with Gasteiger partial charge < -0.3 is 14.3 Å². The number of nitrogens with zero attached hydrogens (tertiary/aromatic N) is 1. The molecular weight excluding hydrogens is 206 g/mol. The van der Waals surface area contributed by atoms with E-state index in [0.29, 0.717) is 6.54 Å². The average Bonchev–Trinajstić information content (AvgIpc) is 2.71. The fourth-order valence-electron chi connectivity index (χ4n) is 1.71. The molecule has 0 spiro atoms. The zero-order valence-electron chi connectivity index (χ0n) is 9.78. The number of hydrogen-bond donors (Lipinski definition) is 0. The van der Waals surface area contributed by atoms with Gasteiger partial charge in [0.1, 0.15) is 0 Å². The molecule has 1 aromatic rings. The van der Waals surface area contributed by atoms with Crippen LogP contribution >= 0.6 is 0 Å². The molecule has 0 N–H and O–H groups in total. The molecular formula is C12H19NO3. The van der Waals surface area contributed by atoms with E-state index in [9.17, 15) is 9.90 Å². The Bertz CT molecular complexity index is 320. The summed E-state index contributed by atoms with van der Waals surface area (Å²) in [6, 6.07) is 0. The van der Waals surface area contributed by atoms with Crippen molar-refractivity contribution in [1.82, 2.24) is 0 Å². The third kappa shape index (κ3) is 4.04. The third-order valence-electron chi connectivity index (χ3n) is 2.61. The predicted molar refractivity (Wildman–Crippen MR) is 56.6 cm³/mol. The maximum atomic E-state index is 10.6. The van der Waals surface area contributed by atoms with Crippen LogP contribution in [0.1, 0.15) is 56.1 Å². The molecule has 0 radical (unpaired) electrons. The van der Waals surface area contributed by atoms with E-state index in [4.69, 9.17) is 4.42 Å². The number of carboxylic acids is 1. The highest BCUT2D eigenvalue weighted by Crippen LogP contribution is 2.05. The van der Waals surface area contributed by atoms with E-state index in [2.05, 4.69) is 6.92 Å². The monoisotopic (exact) mass is 225 g/mol. The fourth-order valence-corrected chi connectivity index (χ4v) is 1.71. The zero-order valence-corrected chi connectivity index (χ0v) is 9.78. The second-order valence-electron chi connectivity index (χ2n) is 3.96. The quantitative estimate of drug-likeness (QED) is 0.495. The van der Waals surface area contributed by atoms with Crippen LogP contribution in [0.3, 0.4) is 0 Å². The Balaban J connectivity index is 2.21. The summed E-state index contributed by atoms with van der Waals surface area (Å²) in [5, 5.41) is 10.6. The van der Waals surface area contributed by atoms with Crippen LogP contribution in [0.15, 0.2) is 16.9 Å². The van der Waals surface area contributed by atoms with Gasteiger partial charge in [0.25, 0.3) is 0 Å². The predicted octanol–water partition coefficient (Wildman–Crippen LogP) is 1.29. The van der Waals surface area contributed by atoms with E-state index in [1.54, 1.807) is 10.8 Å². The molecule has 4 nitrogen and oxygen atoms in total. The number of unbranched alkanes of at least 4 members (excludes halogenated alkanes) is 5. The molecule has 16 heavy (non-hydrogen) atoms. The van der Waals surface area contributed by atoms with Gasteiger partial charge in [-0.05, 0) is 6.42 Å². The number of carbonyl (C=O) groups excluding carboxylic acids is 1. The molecule has 0 amide bonds. The number of aromatic nitrogens is 1. The molecule has 0 aliphatic carbocycles. The first kappa shape index (κ1) is 12.7. The number of rotatable bonds is 8. The Morgan fingerprint density at radius 1 is 1.31 bits per heavy atom. The molecule has 1 aromatic heterocycles. The minimum atomic E-state index is -1.25. The summed E-state index contributed by atoms with van der Waals surface area (Å²) in [5.74, 6) is -1.34. The first-order chi connectivity index (χ1) is 7.75. The summed E-state index contributed by atoms with van der Waals surface area (Å²) >= 11 is 0. The van der Waals surface area contributed by atoms with Crippen LogP contribution in [0.4, 0.5) is 0 Å². The maximum Gasteiger partial charge on any atom is 0.396 e. The normalized spacial score (nSPS) is 10.6. The van der Waals surface area contributed by atoms with Crippen LogP contribution in [-0.2, 0) is 6.54 Å². The van der Waals surface area contributed by atoms with Crippen LogP contribution in [-0.4, -0.2) is 5.97 Å². The molecule has 0 aliphatic rings. The third-order valence-corrected chi connectivity index (χ3v) is 2.61. The first-order valence-corrected chi connectivity index (χ1v) is 5.94. The molecule has 0 aliphatic heterocycles. The summed E-state index contributed by atoms with van der Waals surface area (Å²) < 4.78 is 6.41. The summed E-state index contributed by atoms with van der Waals surface area (Å²) in [6.45, 7) is 2.87. The van der Waals surface area contributed by atoms with Gasteiger partial charge in [0.2, 0.25) is 6.20 Å². The highest BCUT2D eigenvalue weighted by Gasteiger charge is 2.14. The highest BCUT2D eigenvalue weighted by atomic mass is 16.4. The lowest BCUT2D eigenvalue weighted by Gasteiger charge is -1.99. The van der Waals surface area contributed by atoms with Crippen LogP contribution in [0.5, 0.6) is 0 Å². The van der Waals surface area contributed by atoms with E-state index < -0.39 is 5.97 Å². The van der Waals surface area contributed by atoms with Crippen molar-refractivity contribution in [1.29, 1.82) is 0 Å². The van der Waals surface area contributed by atoms with Gasteiger partial charge in [-0.1, -0.05) is 32.6 Å². The number of oxazole rings is 1. The zero-order chi connectivity index (χ0) is 11.8. The van der Waals surface area contributed by atoms with Crippen molar-refractivity contribution in [2.75, 3.05) is 0 Å². The first-order valence-electron chi connectivity index (χ1n) is 5.94. The molecule has 0 bridgehead atoms. The maximum absolute atomic E-state index is 10.6. The van der Waals surface area contributed by atoms with E-state index >= 15 is 0 Å². The molecule has 0 aromatic carbocycles. The van der Waals surface area contributed by atoms with Crippen molar-refractivity contribution >= 4 is 5.97 Å². The van der Waals surface area contributed by atoms with Crippen molar-refractivity contribution < 1.29 is 18.9 Å². The average molecular weight is 225 g/mol. The number of aryl methyl sites for hydroxylation is 1. The van der Waals surface area contributed by atoms with Gasteiger partial charge in [0.15, 0.2) is 18.8 Å². The molecule has 0 saturated heterocycles. The second-order valence-corrected chi connectivity index (χ2v) is 3.96. The standard InChI is InChI=1S/C12H19NO3/c1-2-3-4-5-6-7-8-13-9-10-16-11(13)12(14)15/h9-10H,2-8H2,1H3. The molecule has 4 heteroatoms. The number of hydrogen-bond acceptors (Lipinski definition) is 3. The topological polar surface area (TPSA) is 57.2 Å². The van der Waals surface area contributed by atoms with Gasteiger partial charge in [-0.15, -0.1) is 0 Å². The smallest absolute Gasteiger partial charge is 0.396 e. The molecule has 1 rings (SSSR count). The molecule has 90 valence electrons. The molecule has 1 heterocycles.